The summed E-state index contributed by atoms with van der Waals surface area (Å²) in [5.74, 6) is 1.53. The molecular weight excluding hydrogens is 468 g/mol. The minimum Gasteiger partial charge on any atom is -0.495 e. The van der Waals surface area contributed by atoms with Crippen LogP contribution in [0.15, 0.2) is 73.2 Å². The Morgan fingerprint density at radius 1 is 1.08 bits per heavy atom. The second-order valence-electron chi connectivity index (χ2n) is 8.83. The summed E-state index contributed by atoms with van der Waals surface area (Å²) in [6.45, 7) is 4.99. The number of hydrogen-bond donors (Lipinski definition) is 2. The molecule has 37 heavy (non-hydrogen) atoms. The van der Waals surface area contributed by atoms with E-state index in [0.717, 1.165) is 53.8 Å². The highest BCUT2D eigenvalue weighted by Gasteiger charge is 2.19. The molecule has 0 amide bonds. The Labute approximate surface area is 216 Å². The SMILES string of the molecule is COc1cc(-c2ccc(NC(CN3CCCC3)c3ccccc3)nn2)ccc1-n1cnc(C)c1.O=CO. The van der Waals surface area contributed by atoms with E-state index < -0.39 is 0 Å². The molecule has 2 aromatic heterocycles. The van der Waals surface area contributed by atoms with Gasteiger partial charge in [0.25, 0.3) is 6.47 Å². The first kappa shape index (κ1) is 25.8. The summed E-state index contributed by atoms with van der Waals surface area (Å²) in [5.41, 5.74) is 4.90. The van der Waals surface area contributed by atoms with E-state index >= 15 is 0 Å². The van der Waals surface area contributed by atoms with Crippen LogP contribution in [0.25, 0.3) is 16.9 Å². The van der Waals surface area contributed by atoms with Gasteiger partial charge >= 0.3 is 0 Å². The van der Waals surface area contributed by atoms with Crippen molar-refractivity contribution < 1.29 is 14.6 Å². The predicted molar refractivity (Wildman–Crippen MR) is 143 cm³/mol. The van der Waals surface area contributed by atoms with Crippen molar-refractivity contribution in [1.82, 2.24) is 24.6 Å². The average Bonchev–Trinajstić information content (AvgIpc) is 3.61. The molecule has 0 aliphatic carbocycles. The van der Waals surface area contributed by atoms with Crippen LogP contribution < -0.4 is 10.1 Å². The zero-order valence-corrected chi connectivity index (χ0v) is 21.1. The van der Waals surface area contributed by atoms with E-state index in [9.17, 15) is 0 Å². The lowest BCUT2D eigenvalue weighted by Gasteiger charge is -2.25. The maximum atomic E-state index is 8.36. The van der Waals surface area contributed by atoms with Crippen molar-refractivity contribution >= 4 is 12.3 Å². The number of methoxy groups -OCH3 is 1. The van der Waals surface area contributed by atoms with Crippen LogP contribution in [0.4, 0.5) is 5.82 Å². The van der Waals surface area contributed by atoms with E-state index in [1.165, 1.54) is 18.4 Å². The lowest BCUT2D eigenvalue weighted by molar-refractivity contribution is -0.122. The molecule has 1 unspecified atom stereocenters. The number of likely N-dealkylation sites (tertiary alicyclic amines) is 1. The van der Waals surface area contributed by atoms with E-state index in [0.29, 0.717) is 0 Å². The number of anilines is 1. The lowest BCUT2D eigenvalue weighted by Crippen LogP contribution is -2.29. The molecular formula is C28H32N6O3. The molecule has 1 aliphatic heterocycles. The first-order valence-electron chi connectivity index (χ1n) is 12.3. The van der Waals surface area contributed by atoms with E-state index in [1.54, 1.807) is 13.4 Å². The van der Waals surface area contributed by atoms with Crippen molar-refractivity contribution in [3.63, 3.8) is 0 Å². The van der Waals surface area contributed by atoms with Gasteiger partial charge in [-0.15, -0.1) is 10.2 Å². The number of aromatic nitrogens is 4. The maximum absolute atomic E-state index is 8.36. The largest absolute Gasteiger partial charge is 0.495 e. The number of imidazole rings is 1. The third kappa shape index (κ3) is 6.71. The molecule has 0 saturated carbocycles. The van der Waals surface area contributed by atoms with Crippen LogP contribution in [0, 0.1) is 6.92 Å². The van der Waals surface area contributed by atoms with Crippen LogP contribution in [0.3, 0.4) is 0 Å². The van der Waals surface area contributed by atoms with Gasteiger partial charge in [-0.25, -0.2) is 4.98 Å². The van der Waals surface area contributed by atoms with Gasteiger partial charge in [-0.1, -0.05) is 36.4 Å². The Morgan fingerprint density at radius 3 is 2.46 bits per heavy atom. The zero-order chi connectivity index (χ0) is 26.0. The summed E-state index contributed by atoms with van der Waals surface area (Å²) in [5, 5.41) is 19.5. The van der Waals surface area contributed by atoms with Gasteiger partial charge in [-0.2, -0.15) is 0 Å². The highest BCUT2D eigenvalue weighted by Crippen LogP contribution is 2.29. The molecule has 1 saturated heterocycles. The highest BCUT2D eigenvalue weighted by atomic mass is 16.5. The molecule has 9 heteroatoms. The second kappa shape index (κ2) is 12.6. The van der Waals surface area contributed by atoms with E-state index in [2.05, 4.69) is 55.7 Å². The Morgan fingerprint density at radius 2 is 1.84 bits per heavy atom. The topological polar surface area (TPSA) is 105 Å². The Balaban J connectivity index is 0.00000102. The number of carbonyl (C=O) groups is 1. The molecule has 1 aliphatic rings. The summed E-state index contributed by atoms with van der Waals surface area (Å²) in [6, 6.07) is 20.8. The maximum Gasteiger partial charge on any atom is 0.290 e. The molecule has 2 N–H and O–H groups in total. The first-order valence-corrected chi connectivity index (χ1v) is 12.3. The van der Waals surface area contributed by atoms with Crippen molar-refractivity contribution in [2.45, 2.75) is 25.8 Å². The number of nitrogens with one attached hydrogen (secondary N) is 1. The zero-order valence-electron chi connectivity index (χ0n) is 21.1. The fourth-order valence-electron chi connectivity index (χ4n) is 4.49. The number of hydrogen-bond acceptors (Lipinski definition) is 7. The minimum absolute atomic E-state index is 0.164. The van der Waals surface area contributed by atoms with Crippen LogP contribution in [0.1, 0.15) is 30.1 Å². The predicted octanol–water partition coefficient (Wildman–Crippen LogP) is 4.60. The summed E-state index contributed by atoms with van der Waals surface area (Å²) >= 11 is 0. The molecule has 3 heterocycles. The second-order valence-corrected chi connectivity index (χ2v) is 8.83. The summed E-state index contributed by atoms with van der Waals surface area (Å²) < 4.78 is 7.61. The van der Waals surface area contributed by atoms with Gasteiger partial charge in [-0.3, -0.25) is 4.79 Å². The van der Waals surface area contributed by atoms with E-state index in [1.807, 2.05) is 48.0 Å². The molecule has 0 bridgehead atoms. The smallest absolute Gasteiger partial charge is 0.290 e. The normalized spacial score (nSPS) is 13.9. The van der Waals surface area contributed by atoms with Gasteiger partial charge in [0.05, 0.1) is 36.6 Å². The van der Waals surface area contributed by atoms with Crippen LogP contribution in [-0.2, 0) is 4.79 Å². The molecule has 0 radical (unpaired) electrons. The summed E-state index contributed by atoms with van der Waals surface area (Å²) in [7, 11) is 1.68. The summed E-state index contributed by atoms with van der Waals surface area (Å²) in [4.78, 5) is 15.2. The van der Waals surface area contributed by atoms with Crippen LogP contribution in [0.2, 0.25) is 0 Å². The quantitative estimate of drug-likeness (QED) is 0.338. The average molecular weight is 501 g/mol. The summed E-state index contributed by atoms with van der Waals surface area (Å²) in [6.07, 6.45) is 6.32. The van der Waals surface area contributed by atoms with Gasteiger partial charge in [0.15, 0.2) is 0 Å². The molecule has 1 fully saturated rings. The van der Waals surface area contributed by atoms with Gasteiger partial charge in [0.1, 0.15) is 11.6 Å². The van der Waals surface area contributed by atoms with E-state index in [-0.39, 0.29) is 12.5 Å². The van der Waals surface area contributed by atoms with Crippen LogP contribution in [0.5, 0.6) is 5.75 Å². The van der Waals surface area contributed by atoms with Crippen molar-refractivity contribution in [2.75, 3.05) is 32.1 Å². The fourth-order valence-corrected chi connectivity index (χ4v) is 4.49. The third-order valence-electron chi connectivity index (χ3n) is 6.29. The fraction of sp³-hybridized carbons (Fsp3) is 0.286. The van der Waals surface area contributed by atoms with Crippen LogP contribution >= 0.6 is 0 Å². The van der Waals surface area contributed by atoms with Crippen molar-refractivity contribution in [3.05, 3.63) is 84.4 Å². The molecule has 4 aromatic rings. The standard InChI is InChI=1S/C27H30N6O.CH2O2/c1-20-17-33(19-28-20)25-12-10-22(16-26(25)34-2)23-11-13-27(31-30-23)29-24(18-32-14-6-7-15-32)21-8-4-3-5-9-21;2-1-3/h3-5,8-13,16-17,19,24H,6-7,14-15,18H2,1-2H3,(H,29,31);1H,(H,2,3). The highest BCUT2D eigenvalue weighted by molar-refractivity contribution is 5.65. The van der Waals surface area contributed by atoms with Crippen molar-refractivity contribution in [3.8, 4) is 22.7 Å². The van der Waals surface area contributed by atoms with Gasteiger partial charge in [0.2, 0.25) is 0 Å². The molecule has 1 atom stereocenters. The molecule has 192 valence electrons. The Kier molecular flexibility index (Phi) is 8.83. The van der Waals surface area contributed by atoms with Gasteiger partial charge in [-0.05, 0) is 62.7 Å². The number of benzene rings is 2. The Hall–Kier alpha value is -4.24. The van der Waals surface area contributed by atoms with Gasteiger partial charge in [0, 0.05) is 18.3 Å². The number of nitrogens with zero attached hydrogens (tertiary/aromatic N) is 5. The Bertz CT molecular complexity index is 1270. The monoisotopic (exact) mass is 500 g/mol. The first-order chi connectivity index (χ1) is 18.1. The lowest BCUT2D eigenvalue weighted by atomic mass is 10.1. The molecule has 0 spiro atoms. The van der Waals surface area contributed by atoms with Crippen LogP contribution in [-0.4, -0.2) is 63.0 Å². The molecule has 2 aromatic carbocycles. The minimum atomic E-state index is -0.250. The van der Waals surface area contributed by atoms with Crippen molar-refractivity contribution in [1.29, 1.82) is 0 Å². The molecule has 5 rings (SSSR count). The number of ether oxygens (including phenoxy) is 1. The third-order valence-corrected chi connectivity index (χ3v) is 6.29. The van der Waals surface area contributed by atoms with Gasteiger partial charge < -0.3 is 24.6 Å². The molecule has 9 nitrogen and oxygen atoms in total. The number of rotatable bonds is 8. The van der Waals surface area contributed by atoms with Crippen molar-refractivity contribution in [2.24, 2.45) is 0 Å². The number of carboxylic acid groups (broad SMARTS) is 1. The number of aryl methyl sites for hydroxylation is 1. The van der Waals surface area contributed by atoms with E-state index in [4.69, 9.17) is 14.6 Å².